The quantitative estimate of drug-likeness (QED) is 0.831. The van der Waals surface area contributed by atoms with Crippen LogP contribution < -0.4 is 5.56 Å². The highest BCUT2D eigenvalue weighted by Gasteiger charge is 2.08. The average Bonchev–Trinajstić information content (AvgIpc) is 2.80. The Balaban J connectivity index is 2.09. The van der Waals surface area contributed by atoms with Crippen LogP contribution in [-0.2, 0) is 13.1 Å². The Morgan fingerprint density at radius 2 is 2.22 bits per heavy atom. The van der Waals surface area contributed by atoms with Gasteiger partial charge in [0.05, 0.1) is 12.7 Å². The minimum atomic E-state index is -1.12. The van der Waals surface area contributed by atoms with Gasteiger partial charge in [0.2, 0.25) is 0 Å². The standard InChI is InChI=1S/C11H12N4O3/c1-8-3-2-4-14(10(8)16)5-6-15-7-9(11(17)18)12-13-15/h2-4,7H,5-6H2,1H3,(H,17,18). The first-order valence-electron chi connectivity index (χ1n) is 5.37. The monoisotopic (exact) mass is 248 g/mol. The molecule has 0 aliphatic rings. The molecule has 1 N–H and O–H groups in total. The van der Waals surface area contributed by atoms with Crippen LogP contribution in [0.3, 0.4) is 0 Å². The molecule has 2 rings (SSSR count). The summed E-state index contributed by atoms with van der Waals surface area (Å²) in [6, 6.07) is 3.54. The molecule has 0 radical (unpaired) electrons. The van der Waals surface area contributed by atoms with Gasteiger partial charge in [-0.25, -0.2) is 9.48 Å². The molecule has 94 valence electrons. The number of hydrogen-bond acceptors (Lipinski definition) is 4. The fourth-order valence-corrected chi connectivity index (χ4v) is 1.55. The maximum Gasteiger partial charge on any atom is 0.358 e. The van der Waals surface area contributed by atoms with E-state index in [4.69, 9.17) is 5.11 Å². The van der Waals surface area contributed by atoms with Crippen molar-refractivity contribution in [2.45, 2.75) is 20.0 Å². The Labute approximate surface area is 102 Å². The molecule has 0 aliphatic carbocycles. The first kappa shape index (κ1) is 12.0. The second kappa shape index (κ2) is 4.82. The third-order valence-corrected chi connectivity index (χ3v) is 2.54. The van der Waals surface area contributed by atoms with Crippen molar-refractivity contribution in [2.24, 2.45) is 0 Å². The van der Waals surface area contributed by atoms with Crippen molar-refractivity contribution >= 4 is 5.97 Å². The van der Waals surface area contributed by atoms with Gasteiger partial charge in [-0.3, -0.25) is 4.79 Å². The number of carboxylic acids is 1. The normalized spacial score (nSPS) is 10.5. The first-order valence-corrected chi connectivity index (χ1v) is 5.37. The van der Waals surface area contributed by atoms with Gasteiger partial charge in [0.25, 0.3) is 5.56 Å². The maximum absolute atomic E-state index is 11.7. The molecular weight excluding hydrogens is 236 g/mol. The number of nitrogens with zero attached hydrogens (tertiary/aromatic N) is 4. The molecule has 2 aromatic rings. The molecule has 0 aliphatic heterocycles. The molecule has 7 nitrogen and oxygen atoms in total. The molecule has 0 saturated carbocycles. The number of aromatic nitrogens is 4. The number of hydrogen-bond donors (Lipinski definition) is 1. The van der Waals surface area contributed by atoms with Crippen molar-refractivity contribution in [1.82, 2.24) is 19.6 Å². The molecule has 0 aromatic carbocycles. The molecule has 0 fully saturated rings. The smallest absolute Gasteiger partial charge is 0.358 e. The number of rotatable bonds is 4. The van der Waals surface area contributed by atoms with Gasteiger partial charge in [-0.05, 0) is 13.0 Å². The third kappa shape index (κ3) is 2.45. The summed E-state index contributed by atoms with van der Waals surface area (Å²) in [4.78, 5) is 22.3. The van der Waals surface area contributed by atoms with Crippen LogP contribution in [0.4, 0.5) is 0 Å². The van der Waals surface area contributed by atoms with Crippen molar-refractivity contribution in [2.75, 3.05) is 0 Å². The van der Waals surface area contributed by atoms with Gasteiger partial charge < -0.3 is 9.67 Å². The predicted octanol–water partition coefficient (Wildman–Crippen LogP) is 0.147. The second-order valence-electron chi connectivity index (χ2n) is 3.86. The zero-order chi connectivity index (χ0) is 13.1. The first-order chi connectivity index (χ1) is 8.58. The zero-order valence-electron chi connectivity index (χ0n) is 9.78. The topological polar surface area (TPSA) is 90.0 Å². The molecule has 0 saturated heterocycles. The van der Waals surface area contributed by atoms with Crippen LogP contribution in [0.25, 0.3) is 0 Å². The molecule has 0 spiro atoms. The summed E-state index contributed by atoms with van der Waals surface area (Å²) in [5.41, 5.74) is 0.505. The highest BCUT2D eigenvalue weighted by Crippen LogP contribution is 1.95. The van der Waals surface area contributed by atoms with Crippen molar-refractivity contribution in [3.8, 4) is 0 Å². The average molecular weight is 248 g/mol. The summed E-state index contributed by atoms with van der Waals surface area (Å²) in [6.07, 6.45) is 3.02. The highest BCUT2D eigenvalue weighted by atomic mass is 16.4. The van der Waals surface area contributed by atoms with E-state index in [1.807, 2.05) is 0 Å². The van der Waals surface area contributed by atoms with Crippen LogP contribution in [0.2, 0.25) is 0 Å². The third-order valence-electron chi connectivity index (χ3n) is 2.54. The summed E-state index contributed by atoms with van der Waals surface area (Å²) < 4.78 is 2.95. The van der Waals surface area contributed by atoms with E-state index in [1.54, 1.807) is 29.8 Å². The molecule has 7 heteroatoms. The Bertz CT molecular complexity index is 629. The van der Waals surface area contributed by atoms with Crippen LogP contribution in [0.1, 0.15) is 16.1 Å². The van der Waals surface area contributed by atoms with E-state index in [2.05, 4.69) is 10.3 Å². The molecule has 18 heavy (non-hydrogen) atoms. The van der Waals surface area contributed by atoms with Gasteiger partial charge in [-0.1, -0.05) is 11.3 Å². The minimum Gasteiger partial charge on any atom is -0.476 e. The second-order valence-corrected chi connectivity index (χ2v) is 3.86. The Morgan fingerprint density at radius 3 is 2.89 bits per heavy atom. The lowest BCUT2D eigenvalue weighted by Gasteiger charge is -2.05. The number of carboxylic acid groups (broad SMARTS) is 1. The van der Waals surface area contributed by atoms with Gasteiger partial charge >= 0.3 is 5.97 Å². The summed E-state index contributed by atoms with van der Waals surface area (Å²) >= 11 is 0. The number of carbonyl (C=O) groups is 1. The van der Waals surface area contributed by atoms with E-state index in [0.29, 0.717) is 18.7 Å². The van der Waals surface area contributed by atoms with Crippen LogP contribution in [0.15, 0.2) is 29.3 Å². The van der Waals surface area contributed by atoms with Crippen molar-refractivity contribution in [3.05, 3.63) is 46.1 Å². The Morgan fingerprint density at radius 1 is 1.44 bits per heavy atom. The van der Waals surface area contributed by atoms with Crippen LogP contribution >= 0.6 is 0 Å². The molecule has 2 heterocycles. The van der Waals surface area contributed by atoms with E-state index >= 15 is 0 Å². The number of aryl methyl sites for hydroxylation is 3. The fraction of sp³-hybridized carbons (Fsp3) is 0.273. The van der Waals surface area contributed by atoms with E-state index in [0.717, 1.165) is 0 Å². The van der Waals surface area contributed by atoms with Gasteiger partial charge in [0.1, 0.15) is 0 Å². The van der Waals surface area contributed by atoms with Gasteiger partial charge in [0, 0.05) is 18.3 Å². The lowest BCUT2D eigenvalue weighted by atomic mass is 10.3. The van der Waals surface area contributed by atoms with Crippen molar-refractivity contribution in [1.29, 1.82) is 0 Å². The molecule has 2 aromatic heterocycles. The Kier molecular flexibility index (Phi) is 3.22. The number of aromatic carboxylic acids is 1. The maximum atomic E-state index is 11.7. The van der Waals surface area contributed by atoms with E-state index in [-0.39, 0.29) is 11.3 Å². The summed E-state index contributed by atoms with van der Waals surface area (Å²) in [5.74, 6) is -1.12. The molecular formula is C11H12N4O3. The summed E-state index contributed by atoms with van der Waals surface area (Å²) in [7, 11) is 0. The largest absolute Gasteiger partial charge is 0.476 e. The van der Waals surface area contributed by atoms with Gasteiger partial charge in [-0.2, -0.15) is 0 Å². The summed E-state index contributed by atoms with van der Waals surface area (Å²) in [5, 5.41) is 15.9. The van der Waals surface area contributed by atoms with Gasteiger partial charge in [0.15, 0.2) is 5.69 Å². The van der Waals surface area contributed by atoms with Crippen molar-refractivity contribution < 1.29 is 9.90 Å². The van der Waals surface area contributed by atoms with Gasteiger partial charge in [-0.15, -0.1) is 5.10 Å². The lowest BCUT2D eigenvalue weighted by molar-refractivity contribution is 0.0690. The zero-order valence-corrected chi connectivity index (χ0v) is 9.78. The predicted molar refractivity (Wildman–Crippen MR) is 62.4 cm³/mol. The number of pyridine rings is 1. The van der Waals surface area contributed by atoms with Crippen LogP contribution in [-0.4, -0.2) is 30.6 Å². The van der Waals surface area contributed by atoms with Crippen molar-refractivity contribution in [3.63, 3.8) is 0 Å². The lowest BCUT2D eigenvalue weighted by Crippen LogP contribution is -2.23. The summed E-state index contributed by atoms with van der Waals surface area (Å²) in [6.45, 7) is 2.56. The van der Waals surface area contributed by atoms with E-state index < -0.39 is 5.97 Å². The minimum absolute atomic E-state index is 0.0592. The SMILES string of the molecule is Cc1cccn(CCn2cc(C(=O)O)nn2)c1=O. The molecule has 0 atom stereocenters. The highest BCUT2D eigenvalue weighted by molar-refractivity contribution is 5.84. The fourth-order valence-electron chi connectivity index (χ4n) is 1.55. The molecule has 0 unspecified atom stereocenters. The van der Waals surface area contributed by atoms with Crippen LogP contribution in [0.5, 0.6) is 0 Å². The van der Waals surface area contributed by atoms with E-state index in [1.165, 1.54) is 10.9 Å². The molecule has 0 bridgehead atoms. The van der Waals surface area contributed by atoms with Crippen LogP contribution in [0, 0.1) is 6.92 Å². The Hall–Kier alpha value is -2.44. The van der Waals surface area contributed by atoms with E-state index in [9.17, 15) is 9.59 Å². The molecule has 0 amide bonds.